The summed E-state index contributed by atoms with van der Waals surface area (Å²) in [6, 6.07) is 1.59. The van der Waals surface area contributed by atoms with E-state index in [0.29, 0.717) is 0 Å². The lowest BCUT2D eigenvalue weighted by atomic mass is 9.99. The van der Waals surface area contributed by atoms with E-state index in [4.69, 9.17) is 0 Å². The Bertz CT molecular complexity index is 99.4. The second kappa shape index (κ2) is 4.10. The fourth-order valence-electron chi connectivity index (χ4n) is 1.90. The predicted molar refractivity (Wildman–Crippen MR) is 49.8 cm³/mol. The molecule has 1 nitrogen and oxygen atoms in total. The zero-order valence-corrected chi connectivity index (χ0v) is 8.14. The van der Waals surface area contributed by atoms with Gasteiger partial charge in [-0.1, -0.05) is 19.3 Å². The summed E-state index contributed by atoms with van der Waals surface area (Å²) in [5, 5.41) is 0. The van der Waals surface area contributed by atoms with Crippen LogP contribution in [0.2, 0.25) is 0 Å². The van der Waals surface area contributed by atoms with Crippen LogP contribution in [0.4, 0.5) is 0 Å². The van der Waals surface area contributed by atoms with Crippen molar-refractivity contribution in [2.45, 2.75) is 58.0 Å². The Labute approximate surface area is 70.8 Å². The molecule has 0 aromatic heterocycles. The van der Waals surface area contributed by atoms with Crippen molar-refractivity contribution in [3.8, 4) is 0 Å². The molecule has 2 atom stereocenters. The van der Waals surface area contributed by atoms with Gasteiger partial charge in [-0.05, 0) is 33.7 Å². The van der Waals surface area contributed by atoms with Crippen LogP contribution in [0.25, 0.3) is 0 Å². The van der Waals surface area contributed by atoms with Crippen molar-refractivity contribution >= 4 is 0 Å². The maximum Gasteiger partial charge on any atom is 0.00666 e. The van der Waals surface area contributed by atoms with Crippen LogP contribution < -0.4 is 0 Å². The Kier molecular flexibility index (Phi) is 3.38. The molecular formula is C10H21N. The molecule has 0 radical (unpaired) electrons. The number of rotatable bonds is 0. The van der Waals surface area contributed by atoms with E-state index >= 15 is 0 Å². The van der Waals surface area contributed by atoms with E-state index in [9.17, 15) is 0 Å². The first-order valence-corrected chi connectivity index (χ1v) is 4.93. The molecular weight excluding hydrogens is 134 g/mol. The zero-order chi connectivity index (χ0) is 8.27. The highest BCUT2D eigenvalue weighted by Gasteiger charge is 2.17. The van der Waals surface area contributed by atoms with Crippen molar-refractivity contribution in [2.24, 2.45) is 0 Å². The average Bonchev–Trinajstić information content (AvgIpc) is 2.00. The van der Waals surface area contributed by atoms with Gasteiger partial charge in [-0.25, -0.2) is 0 Å². The van der Waals surface area contributed by atoms with E-state index in [-0.39, 0.29) is 0 Å². The fraction of sp³-hybridized carbons (Fsp3) is 1.00. The van der Waals surface area contributed by atoms with Crippen LogP contribution in [0.15, 0.2) is 0 Å². The Morgan fingerprint density at radius 2 is 1.36 bits per heavy atom. The second-order valence-corrected chi connectivity index (χ2v) is 4.00. The summed E-state index contributed by atoms with van der Waals surface area (Å²) in [5.41, 5.74) is 0. The van der Waals surface area contributed by atoms with Crippen molar-refractivity contribution < 1.29 is 0 Å². The van der Waals surface area contributed by atoms with E-state index in [1.165, 1.54) is 32.1 Å². The van der Waals surface area contributed by atoms with Gasteiger partial charge in [0.1, 0.15) is 0 Å². The van der Waals surface area contributed by atoms with Crippen molar-refractivity contribution in [1.29, 1.82) is 0 Å². The van der Waals surface area contributed by atoms with Crippen molar-refractivity contribution in [1.82, 2.24) is 4.90 Å². The van der Waals surface area contributed by atoms with Crippen LogP contribution in [0.5, 0.6) is 0 Å². The normalized spacial score (nSPS) is 36.3. The first-order valence-electron chi connectivity index (χ1n) is 4.93. The fourth-order valence-corrected chi connectivity index (χ4v) is 1.90. The summed E-state index contributed by atoms with van der Waals surface area (Å²) in [7, 11) is 2.26. The average molecular weight is 155 g/mol. The van der Waals surface area contributed by atoms with Crippen LogP contribution in [0, 0.1) is 0 Å². The standard InChI is InChI=1S/C10H21N/c1-9-7-5-4-6-8-10(2)11(9)3/h9-10H,4-8H2,1-3H3. The van der Waals surface area contributed by atoms with Gasteiger partial charge in [0, 0.05) is 12.1 Å². The number of nitrogens with zero attached hydrogens (tertiary/aromatic N) is 1. The van der Waals surface area contributed by atoms with E-state index in [1.807, 2.05) is 0 Å². The van der Waals surface area contributed by atoms with Crippen LogP contribution >= 0.6 is 0 Å². The minimum atomic E-state index is 0.797. The maximum atomic E-state index is 2.53. The highest BCUT2D eigenvalue weighted by molar-refractivity contribution is 4.72. The molecule has 1 heterocycles. The van der Waals surface area contributed by atoms with E-state index < -0.39 is 0 Å². The molecule has 1 heteroatoms. The second-order valence-electron chi connectivity index (χ2n) is 4.00. The third kappa shape index (κ3) is 2.48. The van der Waals surface area contributed by atoms with Crippen LogP contribution in [-0.2, 0) is 0 Å². The SMILES string of the molecule is CC1CCCCCC(C)N1C. The molecule has 1 saturated heterocycles. The molecule has 0 aromatic carbocycles. The molecule has 11 heavy (non-hydrogen) atoms. The molecule has 0 N–H and O–H groups in total. The van der Waals surface area contributed by atoms with Crippen molar-refractivity contribution in [3.05, 3.63) is 0 Å². The summed E-state index contributed by atoms with van der Waals surface area (Å²) in [5.74, 6) is 0. The zero-order valence-electron chi connectivity index (χ0n) is 8.14. The molecule has 1 rings (SSSR count). The number of hydrogen-bond donors (Lipinski definition) is 0. The van der Waals surface area contributed by atoms with E-state index in [0.717, 1.165) is 12.1 Å². The quantitative estimate of drug-likeness (QED) is 0.520. The van der Waals surface area contributed by atoms with Crippen LogP contribution in [0.1, 0.15) is 46.0 Å². The molecule has 66 valence electrons. The third-order valence-electron chi connectivity index (χ3n) is 3.13. The van der Waals surface area contributed by atoms with Crippen molar-refractivity contribution in [3.63, 3.8) is 0 Å². The van der Waals surface area contributed by atoms with Gasteiger partial charge in [0.25, 0.3) is 0 Å². The molecule has 0 aliphatic carbocycles. The third-order valence-corrected chi connectivity index (χ3v) is 3.13. The number of likely N-dealkylation sites (tertiary alicyclic amines) is 1. The van der Waals surface area contributed by atoms with Gasteiger partial charge in [-0.3, -0.25) is 0 Å². The van der Waals surface area contributed by atoms with E-state index in [2.05, 4.69) is 25.8 Å². The molecule has 1 fully saturated rings. The maximum absolute atomic E-state index is 2.53. The molecule has 0 aromatic rings. The topological polar surface area (TPSA) is 3.24 Å². The first-order chi connectivity index (χ1) is 5.22. The van der Waals surface area contributed by atoms with Gasteiger partial charge < -0.3 is 4.90 Å². The molecule has 1 aliphatic heterocycles. The molecule has 0 bridgehead atoms. The van der Waals surface area contributed by atoms with Crippen molar-refractivity contribution in [2.75, 3.05) is 7.05 Å². The molecule has 1 aliphatic rings. The van der Waals surface area contributed by atoms with Gasteiger partial charge >= 0.3 is 0 Å². The van der Waals surface area contributed by atoms with E-state index in [1.54, 1.807) is 0 Å². The summed E-state index contributed by atoms with van der Waals surface area (Å²) in [6.07, 6.45) is 7.08. The summed E-state index contributed by atoms with van der Waals surface area (Å²) in [4.78, 5) is 2.53. The lowest BCUT2D eigenvalue weighted by Crippen LogP contribution is -2.37. The molecule has 0 saturated carbocycles. The predicted octanol–water partition coefficient (Wildman–Crippen LogP) is 2.66. The summed E-state index contributed by atoms with van der Waals surface area (Å²) < 4.78 is 0. The van der Waals surface area contributed by atoms with Crippen LogP contribution in [0.3, 0.4) is 0 Å². The van der Waals surface area contributed by atoms with Gasteiger partial charge in [0.05, 0.1) is 0 Å². The highest BCUT2D eigenvalue weighted by Crippen LogP contribution is 2.18. The molecule has 0 spiro atoms. The van der Waals surface area contributed by atoms with Gasteiger partial charge in [-0.2, -0.15) is 0 Å². The van der Waals surface area contributed by atoms with Gasteiger partial charge in [0.2, 0.25) is 0 Å². The summed E-state index contributed by atoms with van der Waals surface area (Å²) in [6.45, 7) is 4.70. The highest BCUT2D eigenvalue weighted by atomic mass is 15.1. The smallest absolute Gasteiger partial charge is 0.00666 e. The van der Waals surface area contributed by atoms with Gasteiger partial charge in [0.15, 0.2) is 0 Å². The lowest BCUT2D eigenvalue weighted by Gasteiger charge is -2.32. The number of hydrogen-bond acceptors (Lipinski definition) is 1. The van der Waals surface area contributed by atoms with Crippen LogP contribution in [-0.4, -0.2) is 24.0 Å². The Hall–Kier alpha value is -0.0400. The molecule has 0 amide bonds. The summed E-state index contributed by atoms with van der Waals surface area (Å²) >= 11 is 0. The largest absolute Gasteiger partial charge is 0.301 e. The Balaban J connectivity index is 2.42. The molecule has 2 unspecified atom stereocenters. The minimum absolute atomic E-state index is 0.797. The first kappa shape index (κ1) is 9.05. The van der Waals surface area contributed by atoms with Gasteiger partial charge in [-0.15, -0.1) is 0 Å². The monoisotopic (exact) mass is 155 g/mol. The Morgan fingerprint density at radius 3 is 1.82 bits per heavy atom. The Morgan fingerprint density at radius 1 is 0.909 bits per heavy atom. The lowest BCUT2D eigenvalue weighted by molar-refractivity contribution is 0.161. The minimum Gasteiger partial charge on any atom is -0.301 e.